The van der Waals surface area contributed by atoms with Crippen LogP contribution in [0.2, 0.25) is 0 Å². The van der Waals surface area contributed by atoms with Crippen LogP contribution in [0.25, 0.3) is 0 Å². The Morgan fingerprint density at radius 2 is 2.11 bits per heavy atom. The van der Waals surface area contributed by atoms with Gasteiger partial charge in [0.1, 0.15) is 4.90 Å². The molecule has 0 aromatic carbocycles. The van der Waals surface area contributed by atoms with Crippen molar-refractivity contribution in [1.29, 1.82) is 0 Å². The van der Waals surface area contributed by atoms with Crippen molar-refractivity contribution < 1.29 is 13.2 Å². The van der Waals surface area contributed by atoms with E-state index < -0.39 is 15.0 Å². The number of halogens is 1. The van der Waals surface area contributed by atoms with Gasteiger partial charge in [0.2, 0.25) is 0 Å². The number of hydrogen-bond acceptors (Lipinski definition) is 4. The third-order valence-electron chi connectivity index (χ3n) is 2.59. The van der Waals surface area contributed by atoms with Crippen LogP contribution in [0.15, 0.2) is 4.90 Å². The standard InChI is InChI=1S/C10H16ClN3O3S/c1-4-6(3)12-10(15)8-9(18(11,16)17)7(5-2)13-14-8/h6H,4-5H2,1-3H3,(H,12,15)(H,13,14). The monoisotopic (exact) mass is 293 g/mol. The minimum absolute atomic E-state index is 0.0647. The lowest BCUT2D eigenvalue weighted by atomic mass is 10.2. The number of aromatic amines is 1. The van der Waals surface area contributed by atoms with Crippen molar-refractivity contribution in [1.82, 2.24) is 15.5 Å². The number of carbonyl (C=O) groups is 1. The lowest BCUT2D eigenvalue weighted by Gasteiger charge is -2.10. The molecule has 1 unspecified atom stereocenters. The average molecular weight is 294 g/mol. The van der Waals surface area contributed by atoms with Crippen molar-refractivity contribution in [3.05, 3.63) is 11.4 Å². The Balaban J connectivity index is 3.18. The van der Waals surface area contributed by atoms with Gasteiger partial charge in [-0.1, -0.05) is 13.8 Å². The van der Waals surface area contributed by atoms with Gasteiger partial charge in [-0.3, -0.25) is 9.89 Å². The first-order chi connectivity index (χ1) is 8.31. The van der Waals surface area contributed by atoms with Crippen molar-refractivity contribution in [2.45, 2.75) is 44.6 Å². The molecule has 0 saturated carbocycles. The first-order valence-electron chi connectivity index (χ1n) is 5.64. The highest BCUT2D eigenvalue weighted by Crippen LogP contribution is 2.22. The lowest BCUT2D eigenvalue weighted by Crippen LogP contribution is -2.32. The molecule has 0 saturated heterocycles. The third kappa shape index (κ3) is 3.23. The molecule has 102 valence electrons. The topological polar surface area (TPSA) is 91.9 Å². The number of aryl methyl sites for hydroxylation is 1. The quantitative estimate of drug-likeness (QED) is 0.803. The molecule has 0 fully saturated rings. The van der Waals surface area contributed by atoms with Crippen LogP contribution in [-0.2, 0) is 15.5 Å². The SMILES string of the molecule is CCc1[nH]nc(C(=O)NC(C)CC)c1S(=O)(=O)Cl. The Hall–Kier alpha value is -1.08. The molecule has 1 heterocycles. The van der Waals surface area contributed by atoms with Gasteiger partial charge < -0.3 is 5.32 Å². The molecule has 6 nitrogen and oxygen atoms in total. The van der Waals surface area contributed by atoms with Crippen molar-refractivity contribution in [3.63, 3.8) is 0 Å². The van der Waals surface area contributed by atoms with E-state index in [9.17, 15) is 13.2 Å². The van der Waals surface area contributed by atoms with Gasteiger partial charge in [-0.2, -0.15) is 5.10 Å². The number of amides is 1. The summed E-state index contributed by atoms with van der Waals surface area (Å²) in [4.78, 5) is 11.7. The fraction of sp³-hybridized carbons (Fsp3) is 0.600. The van der Waals surface area contributed by atoms with Gasteiger partial charge in [0.25, 0.3) is 15.0 Å². The van der Waals surface area contributed by atoms with Crippen molar-refractivity contribution in [2.75, 3.05) is 0 Å². The Morgan fingerprint density at radius 1 is 1.50 bits per heavy atom. The molecule has 0 aliphatic carbocycles. The summed E-state index contributed by atoms with van der Waals surface area (Å²) >= 11 is 0. The van der Waals surface area contributed by atoms with E-state index in [1.165, 1.54) is 0 Å². The summed E-state index contributed by atoms with van der Waals surface area (Å²) in [5.41, 5.74) is 0.154. The summed E-state index contributed by atoms with van der Waals surface area (Å²) in [6.45, 7) is 5.47. The summed E-state index contributed by atoms with van der Waals surface area (Å²) in [6.07, 6.45) is 1.13. The summed E-state index contributed by atoms with van der Waals surface area (Å²) in [5, 5.41) is 8.92. The van der Waals surface area contributed by atoms with Crippen LogP contribution in [0.5, 0.6) is 0 Å². The number of carbonyl (C=O) groups excluding carboxylic acids is 1. The van der Waals surface area contributed by atoms with Gasteiger partial charge in [-0.05, 0) is 19.8 Å². The van der Waals surface area contributed by atoms with Gasteiger partial charge in [0.05, 0.1) is 5.69 Å². The molecule has 0 aliphatic rings. The number of aromatic nitrogens is 2. The summed E-state index contributed by atoms with van der Waals surface area (Å²) in [6, 6.07) is -0.0647. The van der Waals surface area contributed by atoms with Crippen molar-refractivity contribution >= 4 is 25.6 Å². The molecule has 18 heavy (non-hydrogen) atoms. The van der Waals surface area contributed by atoms with E-state index >= 15 is 0 Å². The summed E-state index contributed by atoms with van der Waals surface area (Å²) in [7, 11) is 1.33. The number of H-pyrrole nitrogens is 1. The zero-order valence-electron chi connectivity index (χ0n) is 10.4. The molecular weight excluding hydrogens is 278 g/mol. The molecule has 0 bridgehead atoms. The zero-order chi connectivity index (χ0) is 13.9. The van der Waals surface area contributed by atoms with E-state index in [4.69, 9.17) is 10.7 Å². The molecule has 0 radical (unpaired) electrons. The summed E-state index contributed by atoms with van der Waals surface area (Å²) < 4.78 is 23.0. The maximum Gasteiger partial charge on any atom is 0.273 e. The van der Waals surface area contributed by atoms with Crippen LogP contribution >= 0.6 is 10.7 Å². The van der Waals surface area contributed by atoms with E-state index in [1.54, 1.807) is 6.92 Å². The molecule has 8 heteroatoms. The van der Waals surface area contributed by atoms with Crippen molar-refractivity contribution in [3.8, 4) is 0 Å². The molecule has 1 rings (SSSR count). The van der Waals surface area contributed by atoms with E-state index in [2.05, 4.69) is 15.5 Å². The molecule has 1 atom stereocenters. The van der Waals surface area contributed by atoms with Crippen LogP contribution in [0.3, 0.4) is 0 Å². The predicted octanol–water partition coefficient (Wildman–Crippen LogP) is 1.43. The van der Waals surface area contributed by atoms with Crippen LogP contribution in [0.1, 0.15) is 43.4 Å². The van der Waals surface area contributed by atoms with Crippen LogP contribution in [0, 0.1) is 0 Å². The molecular formula is C10H16ClN3O3S. The fourth-order valence-electron chi connectivity index (χ4n) is 1.42. The maximum absolute atomic E-state index is 11.9. The van der Waals surface area contributed by atoms with Crippen LogP contribution < -0.4 is 5.32 Å². The molecule has 1 amide bonds. The van der Waals surface area contributed by atoms with E-state index in [0.717, 1.165) is 6.42 Å². The molecule has 1 aromatic heterocycles. The first kappa shape index (κ1) is 15.0. The van der Waals surface area contributed by atoms with Crippen LogP contribution in [0.4, 0.5) is 0 Å². The van der Waals surface area contributed by atoms with Gasteiger partial charge in [-0.25, -0.2) is 8.42 Å². The highest BCUT2D eigenvalue weighted by molar-refractivity contribution is 8.13. The minimum Gasteiger partial charge on any atom is -0.348 e. The van der Waals surface area contributed by atoms with E-state index in [-0.39, 0.29) is 16.6 Å². The van der Waals surface area contributed by atoms with Crippen LogP contribution in [-0.4, -0.2) is 30.6 Å². The molecule has 1 aromatic rings. The second kappa shape index (κ2) is 5.71. The van der Waals surface area contributed by atoms with Gasteiger partial charge in [-0.15, -0.1) is 0 Å². The van der Waals surface area contributed by atoms with E-state index in [1.807, 2.05) is 13.8 Å². The largest absolute Gasteiger partial charge is 0.348 e. The Bertz CT molecular complexity index is 539. The lowest BCUT2D eigenvalue weighted by molar-refractivity contribution is 0.0931. The number of nitrogens with zero attached hydrogens (tertiary/aromatic N) is 1. The summed E-state index contributed by atoms with van der Waals surface area (Å²) in [5.74, 6) is -0.542. The fourth-order valence-corrected chi connectivity index (χ4v) is 2.77. The molecule has 0 aliphatic heterocycles. The maximum atomic E-state index is 11.9. The van der Waals surface area contributed by atoms with Gasteiger partial charge in [0.15, 0.2) is 5.69 Å². The van der Waals surface area contributed by atoms with Crippen molar-refractivity contribution in [2.24, 2.45) is 0 Å². The second-order valence-electron chi connectivity index (χ2n) is 3.95. The first-order valence-corrected chi connectivity index (χ1v) is 7.94. The Morgan fingerprint density at radius 3 is 2.56 bits per heavy atom. The van der Waals surface area contributed by atoms with E-state index in [0.29, 0.717) is 12.1 Å². The highest BCUT2D eigenvalue weighted by atomic mass is 35.7. The number of rotatable bonds is 5. The number of hydrogen-bond donors (Lipinski definition) is 2. The average Bonchev–Trinajstić information content (AvgIpc) is 2.72. The number of nitrogens with one attached hydrogen (secondary N) is 2. The predicted molar refractivity (Wildman–Crippen MR) is 68.2 cm³/mol. The van der Waals surface area contributed by atoms with Gasteiger partial charge >= 0.3 is 0 Å². The smallest absolute Gasteiger partial charge is 0.273 e. The highest BCUT2D eigenvalue weighted by Gasteiger charge is 2.28. The Kier molecular flexibility index (Phi) is 4.75. The third-order valence-corrected chi connectivity index (χ3v) is 3.98. The van der Waals surface area contributed by atoms with Gasteiger partial charge in [0, 0.05) is 16.7 Å². The minimum atomic E-state index is -4.00. The zero-order valence-corrected chi connectivity index (χ0v) is 12.0. The molecule has 0 spiro atoms. The second-order valence-corrected chi connectivity index (χ2v) is 6.46. The Labute approximate surface area is 111 Å². The normalized spacial score (nSPS) is 13.3. The molecule has 2 N–H and O–H groups in total.